The number of rotatable bonds is 36. The van der Waals surface area contributed by atoms with Crippen molar-refractivity contribution in [2.75, 3.05) is 6.61 Å². The smallest absolute Gasteiger partial charge is 0.220 e. The number of aliphatic hydroxyl groups excluding tert-OH is 2. The maximum Gasteiger partial charge on any atom is 0.220 e. The molecule has 0 saturated carbocycles. The highest BCUT2D eigenvalue weighted by molar-refractivity contribution is 5.76. The molecular weight excluding hydrogens is 687 g/mol. The molecule has 0 fully saturated rings. The van der Waals surface area contributed by atoms with E-state index >= 15 is 0 Å². The van der Waals surface area contributed by atoms with Crippen LogP contribution in [0.4, 0.5) is 0 Å². The van der Waals surface area contributed by atoms with E-state index in [1.165, 1.54) is 0 Å². The van der Waals surface area contributed by atoms with Crippen molar-refractivity contribution in [3.63, 3.8) is 0 Å². The molecule has 2 atom stereocenters. The second-order valence-corrected chi connectivity index (χ2v) is 13.7. The van der Waals surface area contributed by atoms with Gasteiger partial charge in [-0.3, -0.25) is 4.79 Å². The topological polar surface area (TPSA) is 69.6 Å². The molecule has 0 radical (unpaired) electrons. The van der Waals surface area contributed by atoms with Gasteiger partial charge in [-0.1, -0.05) is 191 Å². The third-order valence-electron chi connectivity index (χ3n) is 8.50. The Balaban J connectivity index is 3.69. The number of amides is 1. The van der Waals surface area contributed by atoms with Crippen LogP contribution >= 0.6 is 0 Å². The zero-order valence-corrected chi connectivity index (χ0v) is 35.3. The standard InChI is InChI=1S/C52H79NO3/c1-3-5-7-8-9-10-11-12-13-14-15-16-17-18-19-20-21-22-23-24-25-26-27-28-29-30-31-32-33-34-35-36-37-38-39-40-41-42-43-44-46-48-52(56)53-50(49-54)51(55)47-45-6-4-2/h5,7,9-10,12-13,15-16,18-19,21-22,24-25,27-28,30-31,33-34,36-37,39-40,45,47,50-51,54-55H,3-4,6,8,11,14,17,20,23,26,29,32,35,38,41-44,46,48-49H2,1-2H3,(H,53,56)/b7-5-,10-9-,13-12-,16-15-,19-18-,22-21-,25-24-,28-27-,31-30-,34-33-,37-36-,40-39-,47-45+. The van der Waals surface area contributed by atoms with Crippen LogP contribution in [-0.4, -0.2) is 34.9 Å². The van der Waals surface area contributed by atoms with E-state index in [-0.39, 0.29) is 12.5 Å². The highest BCUT2D eigenvalue weighted by atomic mass is 16.3. The molecule has 0 aliphatic rings. The molecule has 0 rings (SSSR count). The Morgan fingerprint density at radius 1 is 0.446 bits per heavy atom. The second-order valence-electron chi connectivity index (χ2n) is 13.7. The summed E-state index contributed by atoms with van der Waals surface area (Å²) >= 11 is 0. The van der Waals surface area contributed by atoms with Gasteiger partial charge in [0.2, 0.25) is 5.91 Å². The molecule has 0 aliphatic carbocycles. The van der Waals surface area contributed by atoms with Crippen molar-refractivity contribution in [2.24, 2.45) is 0 Å². The molecule has 1 amide bonds. The fourth-order valence-electron chi connectivity index (χ4n) is 5.22. The zero-order chi connectivity index (χ0) is 40.7. The minimum Gasteiger partial charge on any atom is -0.394 e. The van der Waals surface area contributed by atoms with Crippen molar-refractivity contribution in [2.45, 2.75) is 154 Å². The molecular formula is C52H79NO3. The lowest BCUT2D eigenvalue weighted by atomic mass is 10.1. The van der Waals surface area contributed by atoms with Crippen LogP contribution in [0.1, 0.15) is 142 Å². The Bertz CT molecular complexity index is 1280. The average Bonchev–Trinajstić information content (AvgIpc) is 3.20. The van der Waals surface area contributed by atoms with Crippen LogP contribution in [0.3, 0.4) is 0 Å². The molecule has 3 N–H and O–H groups in total. The molecule has 0 aromatic heterocycles. The largest absolute Gasteiger partial charge is 0.394 e. The predicted molar refractivity (Wildman–Crippen MR) is 248 cm³/mol. The molecule has 2 unspecified atom stereocenters. The maximum absolute atomic E-state index is 12.2. The van der Waals surface area contributed by atoms with Crippen LogP contribution < -0.4 is 5.32 Å². The van der Waals surface area contributed by atoms with Gasteiger partial charge in [-0.25, -0.2) is 0 Å². The summed E-state index contributed by atoms with van der Waals surface area (Å²) in [6.45, 7) is 3.95. The van der Waals surface area contributed by atoms with E-state index < -0.39 is 12.1 Å². The van der Waals surface area contributed by atoms with Crippen LogP contribution in [0.5, 0.6) is 0 Å². The Labute approximate surface area is 344 Å². The van der Waals surface area contributed by atoms with Gasteiger partial charge in [0, 0.05) is 6.42 Å². The van der Waals surface area contributed by atoms with Gasteiger partial charge >= 0.3 is 0 Å². The monoisotopic (exact) mass is 766 g/mol. The van der Waals surface area contributed by atoms with Crippen molar-refractivity contribution >= 4 is 5.91 Å². The second kappa shape index (κ2) is 45.4. The maximum atomic E-state index is 12.2. The molecule has 0 spiro atoms. The van der Waals surface area contributed by atoms with E-state index in [1.807, 2.05) is 6.08 Å². The van der Waals surface area contributed by atoms with Gasteiger partial charge < -0.3 is 15.5 Å². The van der Waals surface area contributed by atoms with Crippen LogP contribution in [0.15, 0.2) is 158 Å². The van der Waals surface area contributed by atoms with E-state index in [2.05, 4.69) is 165 Å². The molecule has 0 bridgehead atoms. The first-order chi connectivity index (χ1) is 27.7. The highest BCUT2D eigenvalue weighted by Crippen LogP contribution is 2.08. The molecule has 56 heavy (non-hydrogen) atoms. The van der Waals surface area contributed by atoms with Crippen LogP contribution in [-0.2, 0) is 4.79 Å². The molecule has 0 aromatic rings. The lowest BCUT2D eigenvalue weighted by Gasteiger charge is -2.19. The molecule has 0 heterocycles. The number of hydrogen-bond donors (Lipinski definition) is 3. The van der Waals surface area contributed by atoms with Gasteiger partial charge in [0.05, 0.1) is 18.8 Å². The van der Waals surface area contributed by atoms with E-state index in [4.69, 9.17) is 0 Å². The van der Waals surface area contributed by atoms with Crippen molar-refractivity contribution in [1.29, 1.82) is 0 Å². The van der Waals surface area contributed by atoms with Crippen molar-refractivity contribution in [1.82, 2.24) is 5.32 Å². The number of hydrogen-bond acceptors (Lipinski definition) is 3. The normalized spacial score (nSPS) is 14.6. The summed E-state index contributed by atoms with van der Waals surface area (Å²) in [6, 6.07) is -0.642. The summed E-state index contributed by atoms with van der Waals surface area (Å²) in [6.07, 6.45) is 75.6. The first kappa shape index (κ1) is 52.0. The molecule has 4 nitrogen and oxygen atoms in total. The summed E-state index contributed by atoms with van der Waals surface area (Å²) in [5, 5.41) is 22.3. The third-order valence-corrected chi connectivity index (χ3v) is 8.50. The SMILES string of the molecule is CC/C=C\C/C=C\C/C=C\C/C=C\C/C=C\C/C=C\C/C=C\C/C=C\C/C=C\C/C=C\C/C=C\C/C=C\CCCCCCC(=O)NC(CO)C(O)/C=C/CCC. The van der Waals surface area contributed by atoms with Crippen molar-refractivity contribution in [3.05, 3.63) is 158 Å². The van der Waals surface area contributed by atoms with E-state index in [0.717, 1.165) is 122 Å². The molecule has 310 valence electrons. The van der Waals surface area contributed by atoms with Crippen LogP contribution in [0, 0.1) is 0 Å². The third kappa shape index (κ3) is 41.2. The van der Waals surface area contributed by atoms with Gasteiger partial charge in [0.15, 0.2) is 0 Å². The number of carbonyl (C=O) groups is 1. The summed E-state index contributed by atoms with van der Waals surface area (Å²) in [7, 11) is 0. The van der Waals surface area contributed by atoms with E-state index in [9.17, 15) is 15.0 Å². The Hall–Kier alpha value is -3.99. The Morgan fingerprint density at radius 3 is 1.12 bits per heavy atom. The first-order valence-electron chi connectivity index (χ1n) is 21.7. The van der Waals surface area contributed by atoms with Gasteiger partial charge in [-0.15, -0.1) is 0 Å². The highest BCUT2D eigenvalue weighted by Gasteiger charge is 2.17. The van der Waals surface area contributed by atoms with Crippen LogP contribution in [0.2, 0.25) is 0 Å². The number of aliphatic hydroxyl groups is 2. The molecule has 0 aromatic carbocycles. The molecule has 4 heteroatoms. The summed E-state index contributed by atoms with van der Waals surface area (Å²) in [5.74, 6) is -0.110. The summed E-state index contributed by atoms with van der Waals surface area (Å²) < 4.78 is 0. The number of unbranched alkanes of at least 4 members (excludes halogenated alkanes) is 5. The molecule has 0 aliphatic heterocycles. The zero-order valence-electron chi connectivity index (χ0n) is 35.3. The average molecular weight is 766 g/mol. The lowest BCUT2D eigenvalue weighted by Crippen LogP contribution is -2.45. The Morgan fingerprint density at radius 2 is 0.786 bits per heavy atom. The van der Waals surface area contributed by atoms with Crippen molar-refractivity contribution < 1.29 is 15.0 Å². The minimum absolute atomic E-state index is 0.110. The fraction of sp³-hybridized carbons (Fsp3) is 0.481. The number of nitrogens with one attached hydrogen (secondary N) is 1. The van der Waals surface area contributed by atoms with Gasteiger partial charge in [-0.2, -0.15) is 0 Å². The van der Waals surface area contributed by atoms with E-state index in [0.29, 0.717) is 6.42 Å². The fourth-order valence-corrected chi connectivity index (χ4v) is 5.22. The van der Waals surface area contributed by atoms with Crippen molar-refractivity contribution in [3.8, 4) is 0 Å². The quantitative estimate of drug-likeness (QED) is 0.0439. The Kier molecular flexibility index (Phi) is 42.2. The predicted octanol–water partition coefficient (Wildman–Crippen LogP) is 13.9. The van der Waals surface area contributed by atoms with E-state index in [1.54, 1.807) is 6.08 Å². The van der Waals surface area contributed by atoms with Gasteiger partial charge in [0.25, 0.3) is 0 Å². The van der Waals surface area contributed by atoms with Gasteiger partial charge in [0.1, 0.15) is 0 Å². The lowest BCUT2D eigenvalue weighted by molar-refractivity contribution is -0.123. The minimum atomic E-state index is -0.857. The first-order valence-corrected chi connectivity index (χ1v) is 21.7. The molecule has 0 saturated heterocycles. The van der Waals surface area contributed by atoms with Gasteiger partial charge in [-0.05, 0) is 103 Å². The number of allylic oxidation sites excluding steroid dienone is 25. The summed E-state index contributed by atoms with van der Waals surface area (Å²) in [5.41, 5.74) is 0. The van der Waals surface area contributed by atoms with Crippen LogP contribution in [0.25, 0.3) is 0 Å². The number of carbonyl (C=O) groups excluding carboxylic acids is 1. The summed E-state index contributed by atoms with van der Waals surface area (Å²) in [4.78, 5) is 12.2.